The van der Waals surface area contributed by atoms with Crippen molar-refractivity contribution in [1.29, 1.82) is 0 Å². The van der Waals surface area contributed by atoms with Crippen molar-refractivity contribution >= 4 is 28.8 Å². The van der Waals surface area contributed by atoms with Crippen molar-refractivity contribution in [3.8, 4) is 5.75 Å². The maximum absolute atomic E-state index is 12.2. The molecule has 0 unspecified atom stereocenters. The summed E-state index contributed by atoms with van der Waals surface area (Å²) in [6.45, 7) is 0.568. The van der Waals surface area contributed by atoms with Crippen LogP contribution in [0.1, 0.15) is 15.9 Å². The van der Waals surface area contributed by atoms with E-state index >= 15 is 0 Å². The van der Waals surface area contributed by atoms with Gasteiger partial charge in [0.05, 0.1) is 36.5 Å². The number of amides is 1. The van der Waals surface area contributed by atoms with Gasteiger partial charge in [0, 0.05) is 5.56 Å². The lowest BCUT2D eigenvalue weighted by atomic mass is 10.2. The minimum Gasteiger partial charge on any atom is -0.497 e. The van der Waals surface area contributed by atoms with Gasteiger partial charge in [-0.2, -0.15) is 0 Å². The summed E-state index contributed by atoms with van der Waals surface area (Å²) in [6.07, 6.45) is 0. The van der Waals surface area contributed by atoms with Crippen molar-refractivity contribution in [2.24, 2.45) is 0 Å². The fourth-order valence-corrected chi connectivity index (χ4v) is 2.36. The Morgan fingerprint density at radius 1 is 1.11 bits per heavy atom. The lowest BCUT2D eigenvalue weighted by molar-refractivity contribution is 0.0883. The Morgan fingerprint density at radius 2 is 1.74 bits per heavy atom. The zero-order valence-electron chi connectivity index (χ0n) is 10.5. The fraction of sp³-hybridized carbons (Fsp3) is 0.133. The molecule has 2 aromatic rings. The SMILES string of the molecule is COc1ccc(CN(I)C(=O)c2ccccc2)cc1. The van der Waals surface area contributed by atoms with E-state index in [1.807, 2.05) is 77.5 Å². The van der Waals surface area contributed by atoms with Crippen LogP contribution in [0.25, 0.3) is 0 Å². The Morgan fingerprint density at radius 3 is 2.32 bits per heavy atom. The minimum absolute atomic E-state index is 0.0111. The third-order valence-corrected chi connectivity index (χ3v) is 3.50. The highest BCUT2D eigenvalue weighted by molar-refractivity contribution is 14.1. The first kappa shape index (κ1) is 13.9. The van der Waals surface area contributed by atoms with E-state index in [1.54, 1.807) is 10.2 Å². The number of hydrogen-bond acceptors (Lipinski definition) is 2. The van der Waals surface area contributed by atoms with E-state index in [0.29, 0.717) is 12.1 Å². The van der Waals surface area contributed by atoms with Crippen LogP contribution in [0.5, 0.6) is 5.75 Å². The Balaban J connectivity index is 2.04. The van der Waals surface area contributed by atoms with Gasteiger partial charge in [0.25, 0.3) is 5.91 Å². The van der Waals surface area contributed by atoms with E-state index < -0.39 is 0 Å². The van der Waals surface area contributed by atoms with Crippen LogP contribution in [0.4, 0.5) is 0 Å². The molecule has 0 spiro atoms. The highest BCUT2D eigenvalue weighted by Crippen LogP contribution is 2.17. The van der Waals surface area contributed by atoms with Crippen molar-refractivity contribution < 1.29 is 9.53 Å². The van der Waals surface area contributed by atoms with Crippen LogP contribution in [0.15, 0.2) is 54.6 Å². The first-order chi connectivity index (χ1) is 9.20. The van der Waals surface area contributed by atoms with E-state index in [4.69, 9.17) is 4.74 Å². The highest BCUT2D eigenvalue weighted by atomic mass is 127. The summed E-state index contributed by atoms with van der Waals surface area (Å²) in [5.74, 6) is 0.829. The smallest absolute Gasteiger partial charge is 0.262 e. The summed E-state index contributed by atoms with van der Waals surface area (Å²) < 4.78 is 6.78. The van der Waals surface area contributed by atoms with Crippen LogP contribution in [0.2, 0.25) is 0 Å². The van der Waals surface area contributed by atoms with Gasteiger partial charge in [-0.1, -0.05) is 30.3 Å². The Hall–Kier alpha value is -1.56. The number of carbonyl (C=O) groups excluding carboxylic acids is 1. The summed E-state index contributed by atoms with van der Waals surface area (Å²) in [5, 5.41) is 0. The molecule has 0 radical (unpaired) electrons. The average Bonchev–Trinajstić information content (AvgIpc) is 2.48. The summed E-state index contributed by atoms with van der Waals surface area (Å²) in [4.78, 5) is 12.2. The van der Waals surface area contributed by atoms with Gasteiger partial charge in [-0.05, 0) is 29.8 Å². The highest BCUT2D eigenvalue weighted by Gasteiger charge is 2.12. The normalized spacial score (nSPS) is 10.0. The number of methoxy groups -OCH3 is 1. The number of hydrogen-bond donors (Lipinski definition) is 0. The van der Waals surface area contributed by atoms with Crippen molar-refractivity contribution in [1.82, 2.24) is 3.11 Å². The molecule has 0 aliphatic rings. The van der Waals surface area contributed by atoms with Gasteiger partial charge in [0.1, 0.15) is 5.75 Å². The first-order valence-corrected chi connectivity index (χ1v) is 6.83. The standard InChI is InChI=1S/C15H14INO2/c1-19-14-9-7-12(8-10-14)11-17(16)15(18)13-5-3-2-4-6-13/h2-10H,11H2,1H3. The molecule has 3 nitrogen and oxygen atoms in total. The van der Waals surface area contributed by atoms with Gasteiger partial charge in [-0.25, -0.2) is 0 Å². The predicted molar refractivity (Wildman–Crippen MR) is 83.3 cm³/mol. The number of halogens is 1. The molecule has 19 heavy (non-hydrogen) atoms. The molecule has 0 saturated heterocycles. The lowest BCUT2D eigenvalue weighted by Gasteiger charge is -2.15. The molecule has 0 heterocycles. The number of benzene rings is 2. The van der Waals surface area contributed by atoms with Crippen LogP contribution < -0.4 is 4.74 Å². The molecule has 2 rings (SSSR count). The Bertz CT molecular complexity index is 540. The van der Waals surface area contributed by atoms with Gasteiger partial charge < -0.3 is 4.74 Å². The largest absolute Gasteiger partial charge is 0.497 e. The van der Waals surface area contributed by atoms with Crippen LogP contribution in [0.3, 0.4) is 0 Å². The molecule has 1 amide bonds. The van der Waals surface area contributed by atoms with Gasteiger partial charge >= 0.3 is 0 Å². The quantitative estimate of drug-likeness (QED) is 0.610. The Kier molecular flexibility index (Phi) is 4.79. The zero-order chi connectivity index (χ0) is 13.7. The molecule has 4 heteroatoms. The third kappa shape index (κ3) is 3.70. The van der Waals surface area contributed by atoms with Crippen LogP contribution in [-0.4, -0.2) is 16.1 Å². The molecule has 0 aliphatic heterocycles. The van der Waals surface area contributed by atoms with E-state index in [1.165, 1.54) is 0 Å². The molecule has 98 valence electrons. The van der Waals surface area contributed by atoms with E-state index in [-0.39, 0.29) is 5.91 Å². The molecular weight excluding hydrogens is 353 g/mol. The van der Waals surface area contributed by atoms with Gasteiger partial charge in [-0.15, -0.1) is 0 Å². The number of carbonyl (C=O) groups is 1. The summed E-state index contributed by atoms with van der Waals surface area (Å²) in [7, 11) is 1.64. The maximum atomic E-state index is 12.2. The predicted octanol–water partition coefficient (Wildman–Crippen LogP) is 3.69. The van der Waals surface area contributed by atoms with Crippen molar-refractivity contribution in [3.05, 3.63) is 65.7 Å². The molecule has 0 fully saturated rings. The van der Waals surface area contributed by atoms with Crippen molar-refractivity contribution in [2.45, 2.75) is 6.54 Å². The lowest BCUT2D eigenvalue weighted by Crippen LogP contribution is -2.20. The average molecular weight is 367 g/mol. The van der Waals surface area contributed by atoms with Crippen molar-refractivity contribution in [3.63, 3.8) is 0 Å². The number of ether oxygens (including phenoxy) is 1. The number of rotatable bonds is 4. The molecule has 0 aliphatic carbocycles. The second-order valence-electron chi connectivity index (χ2n) is 4.04. The molecule has 0 bridgehead atoms. The van der Waals surface area contributed by atoms with Gasteiger partial charge in [-0.3, -0.25) is 7.91 Å². The zero-order valence-corrected chi connectivity index (χ0v) is 12.7. The second kappa shape index (κ2) is 6.56. The molecule has 0 N–H and O–H groups in total. The van der Waals surface area contributed by atoms with E-state index in [2.05, 4.69) is 0 Å². The minimum atomic E-state index is 0.0111. The topological polar surface area (TPSA) is 29.5 Å². The third-order valence-electron chi connectivity index (χ3n) is 2.72. The van der Waals surface area contributed by atoms with Gasteiger partial charge in [0.2, 0.25) is 0 Å². The molecule has 0 saturated carbocycles. The summed E-state index contributed by atoms with van der Waals surface area (Å²) >= 11 is 2.05. The summed E-state index contributed by atoms with van der Waals surface area (Å²) in [6, 6.07) is 17.0. The maximum Gasteiger partial charge on any atom is 0.262 e. The van der Waals surface area contributed by atoms with E-state index in [9.17, 15) is 4.79 Å². The Labute approximate surface area is 126 Å². The molecule has 0 aromatic heterocycles. The molecule has 2 aromatic carbocycles. The van der Waals surface area contributed by atoms with Crippen LogP contribution in [-0.2, 0) is 6.54 Å². The number of nitrogens with zero attached hydrogens (tertiary/aromatic N) is 1. The molecule has 0 atom stereocenters. The van der Waals surface area contributed by atoms with Crippen LogP contribution in [0, 0.1) is 0 Å². The first-order valence-electron chi connectivity index (χ1n) is 5.86. The monoisotopic (exact) mass is 367 g/mol. The fourth-order valence-electron chi connectivity index (χ4n) is 1.68. The summed E-state index contributed by atoms with van der Waals surface area (Å²) in [5.41, 5.74) is 1.77. The van der Waals surface area contributed by atoms with E-state index in [0.717, 1.165) is 11.3 Å². The molecular formula is C15H14INO2. The van der Waals surface area contributed by atoms with Crippen LogP contribution >= 0.6 is 22.9 Å². The van der Waals surface area contributed by atoms with Gasteiger partial charge in [0.15, 0.2) is 0 Å². The second-order valence-corrected chi connectivity index (χ2v) is 5.20. The van der Waals surface area contributed by atoms with Crippen molar-refractivity contribution in [2.75, 3.05) is 7.11 Å².